The van der Waals surface area contributed by atoms with Gasteiger partial charge >= 0.3 is 0 Å². The molecule has 0 unspecified atom stereocenters. The maximum atomic E-state index is 13.1. The SMILES string of the molecule is O=C1c2cc(N3C[C@H]4C[C@@H]3CO4)c([N+](=O)[O-])cc2CN1C1CCC(CO)CC1. The van der Waals surface area contributed by atoms with Gasteiger partial charge in [0, 0.05) is 37.4 Å². The first-order chi connectivity index (χ1) is 13.5. The van der Waals surface area contributed by atoms with Gasteiger partial charge < -0.3 is 19.6 Å². The first kappa shape index (κ1) is 17.9. The number of ether oxygens (including phenoxy) is 1. The van der Waals surface area contributed by atoms with Crippen molar-refractivity contribution >= 4 is 17.3 Å². The zero-order valence-electron chi connectivity index (χ0n) is 15.7. The molecule has 1 aliphatic carbocycles. The van der Waals surface area contributed by atoms with E-state index in [9.17, 15) is 20.0 Å². The van der Waals surface area contributed by atoms with E-state index in [1.165, 1.54) is 0 Å². The number of nitro groups is 1. The van der Waals surface area contributed by atoms with Crippen LogP contribution in [0, 0.1) is 16.0 Å². The van der Waals surface area contributed by atoms with Crippen LogP contribution in [-0.4, -0.2) is 58.8 Å². The van der Waals surface area contributed by atoms with Gasteiger partial charge in [0.2, 0.25) is 0 Å². The normalized spacial score (nSPS) is 31.5. The molecule has 8 heteroatoms. The van der Waals surface area contributed by atoms with Crippen molar-refractivity contribution in [2.45, 2.75) is 56.8 Å². The van der Waals surface area contributed by atoms with E-state index in [1.807, 2.05) is 4.90 Å². The summed E-state index contributed by atoms with van der Waals surface area (Å²) in [5.74, 6) is 0.316. The zero-order valence-corrected chi connectivity index (χ0v) is 15.7. The van der Waals surface area contributed by atoms with Gasteiger partial charge in [-0.3, -0.25) is 14.9 Å². The molecule has 3 heterocycles. The fourth-order valence-electron chi connectivity index (χ4n) is 5.36. The Balaban J connectivity index is 1.43. The van der Waals surface area contributed by atoms with Crippen LogP contribution in [0.5, 0.6) is 0 Å². The van der Waals surface area contributed by atoms with E-state index in [1.54, 1.807) is 12.1 Å². The summed E-state index contributed by atoms with van der Waals surface area (Å²) in [5.41, 5.74) is 2.00. The first-order valence-corrected chi connectivity index (χ1v) is 10.2. The molecule has 0 spiro atoms. The lowest BCUT2D eigenvalue weighted by atomic mass is 9.86. The molecule has 1 saturated carbocycles. The van der Waals surface area contributed by atoms with E-state index >= 15 is 0 Å². The lowest BCUT2D eigenvalue weighted by molar-refractivity contribution is -0.384. The number of benzene rings is 1. The van der Waals surface area contributed by atoms with Crippen molar-refractivity contribution in [3.8, 4) is 0 Å². The van der Waals surface area contributed by atoms with E-state index in [0.29, 0.717) is 36.9 Å². The van der Waals surface area contributed by atoms with E-state index in [-0.39, 0.29) is 41.3 Å². The molecule has 2 saturated heterocycles. The summed E-state index contributed by atoms with van der Waals surface area (Å²) >= 11 is 0. The van der Waals surface area contributed by atoms with E-state index < -0.39 is 0 Å². The summed E-state index contributed by atoms with van der Waals surface area (Å²) in [5, 5.41) is 21.1. The highest BCUT2D eigenvalue weighted by molar-refractivity contribution is 6.00. The van der Waals surface area contributed by atoms with Crippen molar-refractivity contribution in [3.63, 3.8) is 0 Å². The molecular formula is C20H25N3O5. The Labute approximate surface area is 163 Å². The van der Waals surface area contributed by atoms with Crippen molar-refractivity contribution < 1.29 is 19.6 Å². The smallest absolute Gasteiger partial charge is 0.292 e. The number of anilines is 1. The highest BCUT2D eigenvalue weighted by Gasteiger charge is 2.43. The second-order valence-electron chi connectivity index (χ2n) is 8.54. The molecule has 1 N–H and O–H groups in total. The third-order valence-corrected chi connectivity index (χ3v) is 6.95. The number of hydrogen-bond acceptors (Lipinski definition) is 6. The zero-order chi connectivity index (χ0) is 19.4. The van der Waals surface area contributed by atoms with Crippen LogP contribution in [-0.2, 0) is 11.3 Å². The number of aliphatic hydroxyl groups excluding tert-OH is 1. The Kier molecular flexibility index (Phi) is 4.28. The molecule has 28 heavy (non-hydrogen) atoms. The number of fused-ring (bicyclic) bond motifs is 3. The third kappa shape index (κ3) is 2.78. The van der Waals surface area contributed by atoms with Crippen LogP contribution in [0.4, 0.5) is 11.4 Å². The van der Waals surface area contributed by atoms with Gasteiger partial charge in [-0.2, -0.15) is 0 Å². The van der Waals surface area contributed by atoms with Crippen LogP contribution in [0.2, 0.25) is 0 Å². The Bertz CT molecular complexity index is 820. The van der Waals surface area contributed by atoms with E-state index in [0.717, 1.165) is 37.7 Å². The molecule has 8 nitrogen and oxygen atoms in total. The Morgan fingerprint density at radius 2 is 1.96 bits per heavy atom. The summed E-state index contributed by atoms with van der Waals surface area (Å²) in [6.45, 7) is 1.89. The van der Waals surface area contributed by atoms with Crippen molar-refractivity contribution in [1.82, 2.24) is 4.90 Å². The fourth-order valence-corrected chi connectivity index (χ4v) is 5.36. The van der Waals surface area contributed by atoms with Crippen LogP contribution in [0.15, 0.2) is 12.1 Å². The van der Waals surface area contributed by atoms with Gasteiger partial charge in [0.25, 0.3) is 11.6 Å². The van der Waals surface area contributed by atoms with Gasteiger partial charge in [-0.15, -0.1) is 0 Å². The van der Waals surface area contributed by atoms with Crippen molar-refractivity contribution in [2.24, 2.45) is 5.92 Å². The second kappa shape index (κ2) is 6.70. The minimum atomic E-state index is -0.331. The minimum absolute atomic E-state index is 0.0146. The highest BCUT2D eigenvalue weighted by atomic mass is 16.6. The number of amides is 1. The maximum Gasteiger partial charge on any atom is 0.292 e. The van der Waals surface area contributed by atoms with E-state index in [2.05, 4.69) is 4.90 Å². The van der Waals surface area contributed by atoms with Gasteiger partial charge in [0.15, 0.2) is 0 Å². The Morgan fingerprint density at radius 1 is 1.18 bits per heavy atom. The largest absolute Gasteiger partial charge is 0.396 e. The molecule has 1 aromatic rings. The number of morpholine rings is 1. The number of aliphatic hydroxyl groups is 1. The molecule has 2 atom stereocenters. The Morgan fingerprint density at radius 3 is 2.57 bits per heavy atom. The van der Waals surface area contributed by atoms with Gasteiger partial charge in [0.05, 0.1) is 23.7 Å². The summed E-state index contributed by atoms with van der Waals surface area (Å²) in [4.78, 5) is 28.5. The molecule has 2 bridgehead atoms. The summed E-state index contributed by atoms with van der Waals surface area (Å²) in [6, 6.07) is 3.66. The van der Waals surface area contributed by atoms with Crippen LogP contribution >= 0.6 is 0 Å². The van der Waals surface area contributed by atoms with Crippen molar-refractivity contribution in [1.29, 1.82) is 0 Å². The predicted molar refractivity (Wildman–Crippen MR) is 101 cm³/mol. The number of hydrogen-bond donors (Lipinski definition) is 1. The molecule has 150 valence electrons. The van der Waals surface area contributed by atoms with Crippen LogP contribution in [0.1, 0.15) is 48.0 Å². The number of rotatable bonds is 4. The molecule has 4 aliphatic rings. The quantitative estimate of drug-likeness (QED) is 0.628. The minimum Gasteiger partial charge on any atom is -0.396 e. The standard InChI is InChI=1S/C20H25N3O5/c24-10-12-1-3-14(4-2-12)22-8-13-5-19(23(26)27)18(7-17(13)20(22)25)21-9-16-6-15(21)11-28-16/h5,7,12,14-16,24H,1-4,6,8-11H2/t12?,14?,15-,16-/m1/s1. The molecule has 3 aliphatic heterocycles. The number of carbonyl (C=O) groups is 1. The van der Waals surface area contributed by atoms with Gasteiger partial charge in [-0.05, 0) is 49.7 Å². The van der Waals surface area contributed by atoms with E-state index in [4.69, 9.17) is 4.74 Å². The fraction of sp³-hybridized carbons (Fsp3) is 0.650. The summed E-state index contributed by atoms with van der Waals surface area (Å²) in [7, 11) is 0. The van der Waals surface area contributed by atoms with Gasteiger partial charge in [-0.1, -0.05) is 0 Å². The molecule has 1 aromatic carbocycles. The van der Waals surface area contributed by atoms with Crippen molar-refractivity contribution in [3.05, 3.63) is 33.4 Å². The molecular weight excluding hydrogens is 362 g/mol. The molecule has 0 aromatic heterocycles. The summed E-state index contributed by atoms with van der Waals surface area (Å²) < 4.78 is 5.63. The average Bonchev–Trinajstić information content (AvgIpc) is 3.42. The lowest BCUT2D eigenvalue weighted by Gasteiger charge is -2.34. The van der Waals surface area contributed by atoms with Crippen LogP contribution < -0.4 is 4.90 Å². The number of nitro benzene ring substituents is 1. The first-order valence-electron chi connectivity index (χ1n) is 10.2. The average molecular weight is 387 g/mol. The maximum absolute atomic E-state index is 13.1. The van der Waals surface area contributed by atoms with Crippen LogP contribution in [0.25, 0.3) is 0 Å². The lowest BCUT2D eigenvalue weighted by Crippen LogP contribution is -2.38. The second-order valence-corrected chi connectivity index (χ2v) is 8.54. The topological polar surface area (TPSA) is 96.2 Å². The number of carbonyl (C=O) groups excluding carboxylic acids is 1. The van der Waals surface area contributed by atoms with Crippen LogP contribution in [0.3, 0.4) is 0 Å². The predicted octanol–water partition coefficient (Wildman–Crippen LogP) is 2.08. The van der Waals surface area contributed by atoms with Gasteiger partial charge in [-0.25, -0.2) is 0 Å². The molecule has 0 radical (unpaired) electrons. The third-order valence-electron chi connectivity index (χ3n) is 6.95. The molecule has 5 rings (SSSR count). The van der Waals surface area contributed by atoms with Crippen molar-refractivity contribution in [2.75, 3.05) is 24.7 Å². The summed E-state index contributed by atoms with van der Waals surface area (Å²) in [6.07, 6.45) is 4.63. The molecule has 3 fully saturated rings. The highest BCUT2D eigenvalue weighted by Crippen LogP contribution is 2.42. The monoisotopic (exact) mass is 387 g/mol. The Hall–Kier alpha value is -2.19. The number of nitrogens with zero attached hydrogens (tertiary/aromatic N) is 3. The van der Waals surface area contributed by atoms with Gasteiger partial charge in [0.1, 0.15) is 5.69 Å². The molecule has 1 amide bonds.